The van der Waals surface area contributed by atoms with E-state index in [1.165, 1.54) is 6.92 Å². The normalized spacial score (nSPS) is 7.60. The van der Waals surface area contributed by atoms with E-state index in [2.05, 4.69) is 6.58 Å². The molecular weight excluding hydrogens is 143 g/mol. The minimum atomic E-state index is -0.935. The minimum absolute atomic E-state index is 0.176. The van der Waals surface area contributed by atoms with Crippen molar-refractivity contribution in [1.29, 1.82) is 0 Å². The molecule has 0 aromatic rings. The summed E-state index contributed by atoms with van der Waals surface area (Å²) in [5.41, 5.74) is 0.176. The summed E-state index contributed by atoms with van der Waals surface area (Å²) in [6, 6.07) is 0. The van der Waals surface area contributed by atoms with Crippen molar-refractivity contribution in [3.63, 3.8) is 0 Å². The van der Waals surface area contributed by atoms with Crippen LogP contribution in [0.15, 0.2) is 12.2 Å². The Morgan fingerprint density at radius 3 is 1.90 bits per heavy atom. The first-order chi connectivity index (χ1) is 4.56. The molecule has 0 atom stereocenters. The molecule has 0 amide bonds. The van der Waals surface area contributed by atoms with Gasteiger partial charge >= 0.3 is 49.3 Å². The van der Waals surface area contributed by atoms with Gasteiger partial charge in [0.25, 0.3) is 0 Å². The zero-order valence-corrected chi connectivity index (χ0v) is 8.42. The fraction of sp³-hybridized carbons (Fsp3) is 0.500. The van der Waals surface area contributed by atoms with Crippen LogP contribution in [0.1, 0.15) is 6.92 Å². The summed E-state index contributed by atoms with van der Waals surface area (Å²) in [7, 11) is 0. The number of aliphatic carboxylic acids is 1. The Labute approximate surface area is 78.2 Å². The van der Waals surface area contributed by atoms with E-state index in [-0.39, 0.29) is 5.57 Å². The summed E-state index contributed by atoms with van der Waals surface area (Å²) in [5.74, 6) is -0.935. The second-order valence-corrected chi connectivity index (χ2v) is 2.81. The number of hydrogen-bond acceptors (Lipinski definition) is 2. The number of rotatable bonds is 2. The molecule has 0 aliphatic carbocycles. The molecule has 0 aromatic carbocycles. The monoisotopic (exact) mass is 154 g/mol. The van der Waals surface area contributed by atoms with Crippen molar-refractivity contribution in [3.8, 4) is 0 Å². The summed E-state index contributed by atoms with van der Waals surface area (Å²) in [5, 5.41) is 15.8. The van der Waals surface area contributed by atoms with Gasteiger partial charge in [0.2, 0.25) is 0 Å². The van der Waals surface area contributed by atoms with Crippen LogP contribution in [0.25, 0.3) is 0 Å². The Kier molecular flexibility index (Phi) is 11.7. The molecule has 4 heteroatoms. The molecule has 0 saturated heterocycles. The van der Waals surface area contributed by atoms with Gasteiger partial charge in [-0.3, -0.25) is 0 Å². The predicted octanol–water partition coefficient (Wildman–Crippen LogP) is 0.213. The molecule has 2 N–H and O–H groups in total. The molecule has 0 saturated carbocycles. The molecule has 0 aliphatic rings. The van der Waals surface area contributed by atoms with E-state index >= 15 is 0 Å². The van der Waals surface area contributed by atoms with Gasteiger partial charge in [0, 0.05) is 5.57 Å². The SMILES string of the molecule is C=C(C)C(=O)O.OC[CH2][Na]. The molecule has 54 valence electrons. The average Bonchev–Trinajstić information content (AvgIpc) is 1.89. The Morgan fingerprint density at radius 1 is 1.70 bits per heavy atom. The molecule has 0 rings (SSSR count). The molecule has 0 heterocycles. The van der Waals surface area contributed by atoms with E-state index in [9.17, 15) is 4.79 Å². The standard InChI is InChI=1S/C4H6O2.C2H5O.Na/c1-3(2)4(5)6;1-2-3;/h1H2,2H3,(H,5,6);3H,1-2H2;. The first-order valence-corrected chi connectivity index (χ1v) is 4.47. The molecule has 0 fully saturated rings. The Morgan fingerprint density at radius 2 is 1.90 bits per heavy atom. The zero-order chi connectivity index (χ0) is 8.57. The fourth-order valence-corrected chi connectivity index (χ4v) is 0. The van der Waals surface area contributed by atoms with Crippen LogP contribution in [0, 0.1) is 0 Å². The third kappa shape index (κ3) is 15.7. The van der Waals surface area contributed by atoms with E-state index in [1.807, 2.05) is 0 Å². The van der Waals surface area contributed by atoms with Crippen molar-refractivity contribution in [2.75, 3.05) is 6.61 Å². The molecule has 0 unspecified atom stereocenters. The van der Waals surface area contributed by atoms with Crippen LogP contribution in [0.2, 0.25) is 3.67 Å². The second kappa shape index (κ2) is 9.17. The summed E-state index contributed by atoms with van der Waals surface area (Å²) in [4.78, 5) is 9.60. The quantitative estimate of drug-likeness (QED) is 0.441. The first-order valence-electron chi connectivity index (χ1n) is 3.05. The molecule has 0 bridgehead atoms. The number of carboxylic acid groups (broad SMARTS) is 1. The summed E-state index contributed by atoms with van der Waals surface area (Å²) >= 11 is 1.14. The van der Waals surface area contributed by atoms with E-state index < -0.39 is 5.97 Å². The predicted molar refractivity (Wildman–Crippen MR) is 40.1 cm³/mol. The number of aliphatic hydroxyl groups is 1. The summed E-state index contributed by atoms with van der Waals surface area (Å²) in [6.07, 6.45) is 0. The van der Waals surface area contributed by atoms with Gasteiger partial charge in [0.05, 0.1) is 0 Å². The second-order valence-electron chi connectivity index (χ2n) is 1.81. The van der Waals surface area contributed by atoms with E-state index in [0.717, 1.165) is 31.6 Å². The van der Waals surface area contributed by atoms with Gasteiger partial charge in [-0.15, -0.1) is 0 Å². The van der Waals surface area contributed by atoms with Crippen LogP contribution in [0.4, 0.5) is 0 Å². The number of carboxylic acids is 1. The Bertz CT molecular complexity index is 97.6. The number of hydrogen-bond donors (Lipinski definition) is 2. The van der Waals surface area contributed by atoms with Crippen LogP contribution in [-0.4, -0.2) is 50.7 Å². The van der Waals surface area contributed by atoms with E-state index in [1.54, 1.807) is 0 Å². The van der Waals surface area contributed by atoms with Crippen molar-refractivity contribution in [2.45, 2.75) is 10.6 Å². The van der Waals surface area contributed by atoms with Gasteiger partial charge in [-0.1, -0.05) is 6.58 Å². The van der Waals surface area contributed by atoms with Crippen LogP contribution >= 0.6 is 0 Å². The molecule has 0 spiro atoms. The maximum absolute atomic E-state index is 9.60. The molecule has 0 aromatic heterocycles. The summed E-state index contributed by atoms with van der Waals surface area (Å²) < 4.78 is 1.01. The van der Waals surface area contributed by atoms with Crippen LogP contribution in [0.5, 0.6) is 0 Å². The first kappa shape index (κ1) is 12.8. The van der Waals surface area contributed by atoms with Gasteiger partial charge in [-0.2, -0.15) is 0 Å². The molecule has 0 radical (unpaired) electrons. The molecule has 0 aliphatic heterocycles. The van der Waals surface area contributed by atoms with Crippen molar-refractivity contribution < 1.29 is 15.0 Å². The van der Waals surface area contributed by atoms with Crippen molar-refractivity contribution in [2.24, 2.45) is 0 Å². The van der Waals surface area contributed by atoms with Crippen molar-refractivity contribution in [1.82, 2.24) is 0 Å². The third-order valence-electron chi connectivity index (χ3n) is 0.589. The zero-order valence-electron chi connectivity index (χ0n) is 6.42. The number of aliphatic hydroxyl groups excluding tert-OH is 1. The van der Waals surface area contributed by atoms with Crippen LogP contribution in [-0.2, 0) is 4.79 Å². The van der Waals surface area contributed by atoms with Gasteiger partial charge in [-0.05, 0) is 6.92 Å². The molecule has 3 nitrogen and oxygen atoms in total. The average molecular weight is 154 g/mol. The van der Waals surface area contributed by atoms with Crippen LogP contribution < -0.4 is 0 Å². The third-order valence-corrected chi connectivity index (χ3v) is 1.04. The Hall–Kier alpha value is 0.170. The van der Waals surface area contributed by atoms with Gasteiger partial charge < -0.3 is 5.11 Å². The Balaban J connectivity index is 0. The molecular formula is C6H11NaO3. The molecule has 10 heavy (non-hydrogen) atoms. The van der Waals surface area contributed by atoms with Gasteiger partial charge in [-0.25, -0.2) is 4.79 Å². The van der Waals surface area contributed by atoms with Crippen molar-refractivity contribution in [3.05, 3.63) is 12.2 Å². The topological polar surface area (TPSA) is 57.5 Å². The van der Waals surface area contributed by atoms with Crippen LogP contribution in [0.3, 0.4) is 0 Å². The van der Waals surface area contributed by atoms with Gasteiger partial charge in [0.15, 0.2) is 0 Å². The van der Waals surface area contributed by atoms with Crippen molar-refractivity contribution >= 4 is 33.9 Å². The van der Waals surface area contributed by atoms with E-state index in [4.69, 9.17) is 10.2 Å². The van der Waals surface area contributed by atoms with Gasteiger partial charge in [0.1, 0.15) is 0 Å². The maximum atomic E-state index is 9.60. The number of carbonyl (C=O) groups is 1. The fourth-order valence-electron chi connectivity index (χ4n) is 0. The summed E-state index contributed by atoms with van der Waals surface area (Å²) in [6.45, 7) is 4.98. The van der Waals surface area contributed by atoms with E-state index in [0.29, 0.717) is 6.61 Å².